The van der Waals surface area contributed by atoms with Crippen LogP contribution in [0.3, 0.4) is 0 Å². The third kappa shape index (κ3) is 6.44. The van der Waals surface area contributed by atoms with E-state index in [0.29, 0.717) is 28.5 Å². The average molecular weight is 533 g/mol. The lowest BCUT2D eigenvalue weighted by molar-refractivity contribution is 0.0783. The summed E-state index contributed by atoms with van der Waals surface area (Å²) < 4.78 is 29.7. The zero-order chi connectivity index (χ0) is 28.3. The Balaban J connectivity index is 1.57. The maximum atomic E-state index is 13.4. The predicted molar refractivity (Wildman–Crippen MR) is 142 cm³/mol. The van der Waals surface area contributed by atoms with Crippen molar-refractivity contribution in [3.8, 4) is 11.5 Å². The molecule has 202 valence electrons. The van der Waals surface area contributed by atoms with E-state index in [4.69, 9.17) is 30.1 Å². The first-order valence-corrected chi connectivity index (χ1v) is 12.1. The molecule has 10 nitrogen and oxygen atoms in total. The molecule has 0 aliphatic heterocycles. The van der Waals surface area contributed by atoms with Crippen molar-refractivity contribution in [3.05, 3.63) is 94.8 Å². The molecule has 2 aromatic heterocycles. The minimum absolute atomic E-state index is 0.186. The Morgan fingerprint density at radius 1 is 1.15 bits per heavy atom. The van der Waals surface area contributed by atoms with Crippen molar-refractivity contribution in [1.82, 2.24) is 14.9 Å². The molecule has 1 amide bonds. The quantitative estimate of drug-likeness (QED) is 0.221. The first-order valence-electron chi connectivity index (χ1n) is 12.1. The van der Waals surface area contributed by atoms with E-state index in [2.05, 4.69) is 9.97 Å². The molecule has 0 aliphatic carbocycles. The number of rotatable bonds is 8. The van der Waals surface area contributed by atoms with E-state index < -0.39 is 5.54 Å². The van der Waals surface area contributed by atoms with Crippen molar-refractivity contribution in [3.63, 3.8) is 0 Å². The second-order valence-corrected chi connectivity index (χ2v) is 9.51. The summed E-state index contributed by atoms with van der Waals surface area (Å²) in [7, 11) is 1.64. The summed E-state index contributed by atoms with van der Waals surface area (Å²) in [6, 6.07) is 10.5. The molecule has 0 aliphatic rings. The van der Waals surface area contributed by atoms with Gasteiger partial charge in [-0.15, -0.1) is 0 Å². The van der Waals surface area contributed by atoms with E-state index in [0.717, 1.165) is 0 Å². The lowest BCUT2D eigenvalue weighted by Crippen LogP contribution is -2.48. The van der Waals surface area contributed by atoms with E-state index in [1.54, 1.807) is 52.1 Å². The number of hydrogen-bond acceptors (Lipinski definition) is 9. The maximum absolute atomic E-state index is 13.4. The van der Waals surface area contributed by atoms with Crippen molar-refractivity contribution in [2.75, 3.05) is 7.05 Å². The number of ether oxygens (including phenoxy) is 1. The van der Waals surface area contributed by atoms with Crippen LogP contribution >= 0.6 is 0 Å². The minimum atomic E-state index is -1.28. The highest BCUT2D eigenvalue weighted by Crippen LogP contribution is 2.24. The molecule has 4 aromatic rings. The topological polar surface area (TPSA) is 155 Å². The Morgan fingerprint density at radius 3 is 2.46 bits per heavy atom. The molecule has 0 radical (unpaired) electrons. The molecule has 2 heterocycles. The molecule has 0 bridgehead atoms. The molecule has 4 rings (SSSR count). The summed E-state index contributed by atoms with van der Waals surface area (Å²) in [6.45, 7) is 5.32. The van der Waals surface area contributed by atoms with Crippen molar-refractivity contribution in [2.45, 2.75) is 39.3 Å². The summed E-state index contributed by atoms with van der Waals surface area (Å²) >= 11 is 0. The molecule has 2 aromatic carbocycles. The van der Waals surface area contributed by atoms with Crippen LogP contribution in [0, 0.1) is 30.5 Å². The zero-order valence-corrected chi connectivity index (χ0v) is 22.0. The number of oxazole rings is 2. The van der Waals surface area contributed by atoms with E-state index in [1.807, 2.05) is 0 Å². The van der Waals surface area contributed by atoms with E-state index in [-0.39, 0.29) is 53.5 Å². The molecule has 39 heavy (non-hydrogen) atoms. The molecular formula is C28H29FN6O4. The predicted octanol–water partition coefficient (Wildman–Crippen LogP) is 4.64. The molecule has 0 saturated carbocycles. The van der Waals surface area contributed by atoms with Gasteiger partial charge in [-0.1, -0.05) is 12.1 Å². The van der Waals surface area contributed by atoms with Crippen molar-refractivity contribution >= 4 is 17.7 Å². The largest absolute Gasteiger partial charge is 0.446 e. The smallest absolute Gasteiger partial charge is 0.253 e. The number of benzene rings is 2. The van der Waals surface area contributed by atoms with Gasteiger partial charge in [0.25, 0.3) is 5.91 Å². The van der Waals surface area contributed by atoms with Gasteiger partial charge in [-0.3, -0.25) is 15.6 Å². The highest BCUT2D eigenvalue weighted by atomic mass is 19.1. The van der Waals surface area contributed by atoms with Crippen LogP contribution in [0.25, 0.3) is 11.5 Å². The molecule has 0 fully saturated rings. The lowest BCUT2D eigenvalue weighted by Gasteiger charge is -2.25. The van der Waals surface area contributed by atoms with Gasteiger partial charge in [0.05, 0.1) is 18.3 Å². The molecule has 11 heteroatoms. The number of aromatic nitrogens is 2. The normalized spacial score (nSPS) is 12.6. The van der Waals surface area contributed by atoms with Crippen LogP contribution in [-0.4, -0.2) is 45.2 Å². The standard InChI is InChI=1S/C28H29FN6O4/c1-16-23(34-17(2)38-16)15-35(4)26(36)21-12-19(11-20(13-21)25-33-9-10-37-25)24(30)39-27(31)28(3,32)14-18-5-7-22(29)8-6-18/h5-13,30-31H,14-15,32H2,1-4H3/t28-/m1/s1. The first-order chi connectivity index (χ1) is 18.4. The van der Waals surface area contributed by atoms with Crippen LogP contribution in [-0.2, 0) is 17.7 Å². The van der Waals surface area contributed by atoms with Gasteiger partial charge in [-0.25, -0.2) is 14.4 Å². The number of hydrogen-bond donors (Lipinski definition) is 3. The summed E-state index contributed by atoms with van der Waals surface area (Å²) in [5.74, 6) is -0.0776. The third-order valence-corrected chi connectivity index (χ3v) is 6.06. The Kier molecular flexibility index (Phi) is 7.73. The van der Waals surface area contributed by atoms with Gasteiger partial charge in [0.2, 0.25) is 17.7 Å². The van der Waals surface area contributed by atoms with Crippen LogP contribution in [0.5, 0.6) is 0 Å². The van der Waals surface area contributed by atoms with E-state index in [9.17, 15) is 9.18 Å². The number of nitrogens with zero attached hydrogens (tertiary/aromatic N) is 3. The Morgan fingerprint density at radius 2 is 1.85 bits per heavy atom. The van der Waals surface area contributed by atoms with Gasteiger partial charge in [-0.2, -0.15) is 0 Å². The van der Waals surface area contributed by atoms with Crippen LogP contribution in [0.4, 0.5) is 4.39 Å². The fourth-order valence-electron chi connectivity index (χ4n) is 3.99. The number of halogens is 1. The van der Waals surface area contributed by atoms with E-state index >= 15 is 0 Å². The molecule has 4 N–H and O–H groups in total. The van der Waals surface area contributed by atoms with Crippen LogP contribution in [0.1, 0.15) is 45.8 Å². The second-order valence-electron chi connectivity index (χ2n) is 9.51. The number of amides is 1. The van der Waals surface area contributed by atoms with Crippen molar-refractivity contribution < 1.29 is 22.8 Å². The highest BCUT2D eigenvalue weighted by Gasteiger charge is 2.29. The number of carbonyl (C=O) groups excluding carboxylic acids is 1. The number of carbonyl (C=O) groups is 1. The Hall–Kier alpha value is -4.64. The van der Waals surface area contributed by atoms with Crippen LogP contribution < -0.4 is 5.73 Å². The SMILES string of the molecule is Cc1nc(CN(C)C(=O)c2cc(C(=N)OC(=N)[C@](C)(N)Cc3ccc(F)cc3)cc(-c3ncco3)c2)c(C)o1. The summed E-state index contributed by atoms with van der Waals surface area (Å²) in [6.07, 6.45) is 3.06. The van der Waals surface area contributed by atoms with Crippen molar-refractivity contribution in [2.24, 2.45) is 5.73 Å². The second kappa shape index (κ2) is 11.0. The molecule has 0 saturated heterocycles. The monoisotopic (exact) mass is 532 g/mol. The Bertz CT molecular complexity index is 1510. The van der Waals surface area contributed by atoms with Gasteiger partial charge in [0, 0.05) is 30.7 Å². The number of nitrogens with one attached hydrogen (secondary N) is 2. The van der Waals surface area contributed by atoms with Gasteiger partial charge in [0.15, 0.2) is 5.89 Å². The summed E-state index contributed by atoms with van der Waals surface area (Å²) in [5, 5.41) is 17.0. The van der Waals surface area contributed by atoms with Crippen molar-refractivity contribution in [1.29, 1.82) is 10.8 Å². The van der Waals surface area contributed by atoms with Gasteiger partial charge < -0.3 is 24.2 Å². The fraction of sp³-hybridized carbons (Fsp3) is 0.250. The van der Waals surface area contributed by atoms with Gasteiger partial charge >= 0.3 is 0 Å². The van der Waals surface area contributed by atoms with Crippen LogP contribution in [0.2, 0.25) is 0 Å². The Labute approximate surface area is 224 Å². The van der Waals surface area contributed by atoms with Crippen LogP contribution in [0.15, 0.2) is 63.8 Å². The molecule has 1 atom stereocenters. The molecule has 0 unspecified atom stereocenters. The number of nitrogens with two attached hydrogens (primary N) is 1. The number of aryl methyl sites for hydroxylation is 2. The zero-order valence-electron chi connectivity index (χ0n) is 22.0. The average Bonchev–Trinajstić information content (AvgIpc) is 3.54. The minimum Gasteiger partial charge on any atom is -0.446 e. The summed E-state index contributed by atoms with van der Waals surface area (Å²) in [5.41, 5.74) is 7.32. The highest BCUT2D eigenvalue weighted by molar-refractivity contribution is 6.04. The van der Waals surface area contributed by atoms with Gasteiger partial charge in [0.1, 0.15) is 23.5 Å². The first kappa shape index (κ1) is 27.4. The third-order valence-electron chi connectivity index (χ3n) is 6.06. The summed E-state index contributed by atoms with van der Waals surface area (Å²) in [4.78, 5) is 23.3. The lowest BCUT2D eigenvalue weighted by atomic mass is 9.93. The van der Waals surface area contributed by atoms with E-state index in [1.165, 1.54) is 35.6 Å². The molecular weight excluding hydrogens is 503 g/mol. The van der Waals surface area contributed by atoms with Gasteiger partial charge in [-0.05, 0) is 56.2 Å². The fourth-order valence-corrected chi connectivity index (χ4v) is 3.99. The maximum Gasteiger partial charge on any atom is 0.253 e. The molecule has 0 spiro atoms.